The molecule has 2 heterocycles. The summed E-state index contributed by atoms with van der Waals surface area (Å²) in [4.78, 5) is 18.4. The molecule has 4 nitrogen and oxygen atoms in total. The van der Waals surface area contributed by atoms with Gasteiger partial charge in [0.05, 0.1) is 12.3 Å². The van der Waals surface area contributed by atoms with Gasteiger partial charge >= 0.3 is 5.97 Å². The number of hydrogen-bond donors (Lipinski definition) is 0. The SMILES string of the molecule is CCOC(=O)c1cncc(C)c1N1CCCCC1. The van der Waals surface area contributed by atoms with Gasteiger partial charge in [-0.05, 0) is 38.7 Å². The lowest BCUT2D eigenvalue weighted by molar-refractivity contribution is 0.0526. The second kappa shape index (κ2) is 5.85. The molecule has 1 aliphatic rings. The highest BCUT2D eigenvalue weighted by Crippen LogP contribution is 2.27. The third-order valence-corrected chi connectivity index (χ3v) is 3.27. The van der Waals surface area contributed by atoms with E-state index in [1.165, 1.54) is 19.3 Å². The Balaban J connectivity index is 2.34. The molecule has 0 unspecified atom stereocenters. The lowest BCUT2D eigenvalue weighted by atomic mass is 10.1. The van der Waals surface area contributed by atoms with E-state index in [0.717, 1.165) is 24.3 Å². The van der Waals surface area contributed by atoms with Crippen LogP contribution in [-0.4, -0.2) is 30.6 Å². The first-order valence-corrected chi connectivity index (χ1v) is 6.60. The van der Waals surface area contributed by atoms with Crippen molar-refractivity contribution in [3.05, 3.63) is 23.5 Å². The Bertz CT molecular complexity index is 426. The molecule has 4 heteroatoms. The number of aromatic nitrogens is 1. The van der Waals surface area contributed by atoms with Crippen LogP contribution in [0.4, 0.5) is 5.69 Å². The van der Waals surface area contributed by atoms with Crippen LogP contribution in [0, 0.1) is 6.92 Å². The molecule has 1 saturated heterocycles. The van der Waals surface area contributed by atoms with E-state index >= 15 is 0 Å². The first-order chi connectivity index (χ1) is 8.74. The first-order valence-electron chi connectivity index (χ1n) is 6.60. The van der Waals surface area contributed by atoms with E-state index in [-0.39, 0.29) is 5.97 Å². The van der Waals surface area contributed by atoms with Crippen LogP contribution in [0.15, 0.2) is 12.4 Å². The molecule has 2 rings (SSSR count). The molecule has 0 aromatic carbocycles. The van der Waals surface area contributed by atoms with Crippen molar-refractivity contribution >= 4 is 11.7 Å². The van der Waals surface area contributed by atoms with E-state index in [1.54, 1.807) is 6.20 Å². The summed E-state index contributed by atoms with van der Waals surface area (Å²) in [6.07, 6.45) is 7.07. The van der Waals surface area contributed by atoms with Gasteiger partial charge in [-0.15, -0.1) is 0 Å². The van der Waals surface area contributed by atoms with Gasteiger partial charge in [-0.2, -0.15) is 0 Å². The Labute approximate surface area is 108 Å². The average molecular weight is 248 g/mol. The minimum absolute atomic E-state index is 0.269. The van der Waals surface area contributed by atoms with Crippen LogP contribution in [0.3, 0.4) is 0 Å². The molecule has 0 aliphatic carbocycles. The number of aryl methyl sites for hydroxylation is 1. The number of pyridine rings is 1. The smallest absolute Gasteiger partial charge is 0.341 e. The van der Waals surface area contributed by atoms with Gasteiger partial charge in [0.2, 0.25) is 0 Å². The summed E-state index contributed by atoms with van der Waals surface area (Å²) < 4.78 is 5.11. The maximum atomic E-state index is 12.0. The molecular formula is C14H20N2O2. The topological polar surface area (TPSA) is 42.4 Å². The first kappa shape index (κ1) is 12.9. The molecular weight excluding hydrogens is 228 g/mol. The predicted octanol–water partition coefficient (Wildman–Crippen LogP) is 2.56. The van der Waals surface area contributed by atoms with Gasteiger partial charge in [-0.1, -0.05) is 0 Å². The number of piperidine rings is 1. The highest BCUT2D eigenvalue weighted by atomic mass is 16.5. The third-order valence-electron chi connectivity index (χ3n) is 3.27. The van der Waals surface area contributed by atoms with E-state index in [9.17, 15) is 4.79 Å². The van der Waals surface area contributed by atoms with Gasteiger partial charge in [0, 0.05) is 25.5 Å². The van der Waals surface area contributed by atoms with Crippen molar-refractivity contribution in [2.24, 2.45) is 0 Å². The molecule has 98 valence electrons. The van der Waals surface area contributed by atoms with Crippen LogP contribution in [0.2, 0.25) is 0 Å². The number of carbonyl (C=O) groups excluding carboxylic acids is 1. The average Bonchev–Trinajstić information content (AvgIpc) is 2.39. The number of hydrogen-bond acceptors (Lipinski definition) is 4. The third kappa shape index (κ3) is 2.63. The lowest BCUT2D eigenvalue weighted by Gasteiger charge is -2.31. The largest absolute Gasteiger partial charge is 0.462 e. The Morgan fingerprint density at radius 1 is 1.33 bits per heavy atom. The molecule has 1 aromatic rings. The minimum Gasteiger partial charge on any atom is -0.462 e. The zero-order valence-electron chi connectivity index (χ0n) is 11.1. The fourth-order valence-corrected chi connectivity index (χ4v) is 2.45. The molecule has 0 spiro atoms. The maximum absolute atomic E-state index is 12.0. The van der Waals surface area contributed by atoms with Crippen LogP contribution in [0.1, 0.15) is 42.1 Å². The van der Waals surface area contributed by atoms with Gasteiger partial charge in [-0.25, -0.2) is 4.79 Å². The highest BCUT2D eigenvalue weighted by Gasteiger charge is 2.21. The molecule has 0 amide bonds. The van der Waals surface area contributed by atoms with Gasteiger partial charge in [0.15, 0.2) is 0 Å². The van der Waals surface area contributed by atoms with E-state index in [0.29, 0.717) is 12.2 Å². The number of nitrogens with zero attached hydrogens (tertiary/aromatic N) is 2. The van der Waals surface area contributed by atoms with Gasteiger partial charge < -0.3 is 9.64 Å². The van der Waals surface area contributed by atoms with Crippen molar-refractivity contribution in [2.75, 3.05) is 24.6 Å². The second-order valence-corrected chi connectivity index (χ2v) is 4.62. The molecule has 0 N–H and O–H groups in total. The summed E-state index contributed by atoms with van der Waals surface area (Å²) >= 11 is 0. The fourth-order valence-electron chi connectivity index (χ4n) is 2.45. The van der Waals surface area contributed by atoms with Crippen LogP contribution >= 0.6 is 0 Å². The standard InChI is InChI=1S/C14H20N2O2/c1-3-18-14(17)12-10-15-9-11(2)13(12)16-7-5-4-6-8-16/h9-10H,3-8H2,1-2H3. The Morgan fingerprint density at radius 2 is 2.06 bits per heavy atom. The number of rotatable bonds is 3. The summed E-state index contributed by atoms with van der Waals surface area (Å²) in [5.74, 6) is -0.269. The molecule has 18 heavy (non-hydrogen) atoms. The quantitative estimate of drug-likeness (QED) is 0.771. The van der Waals surface area contributed by atoms with Gasteiger partial charge in [-0.3, -0.25) is 4.98 Å². The van der Waals surface area contributed by atoms with Crippen molar-refractivity contribution in [1.29, 1.82) is 0 Å². The summed E-state index contributed by atoms with van der Waals surface area (Å²) in [6.45, 7) is 6.24. The van der Waals surface area contributed by atoms with E-state index in [4.69, 9.17) is 4.74 Å². The lowest BCUT2D eigenvalue weighted by Crippen LogP contribution is -2.31. The highest BCUT2D eigenvalue weighted by molar-refractivity contribution is 5.96. The fraction of sp³-hybridized carbons (Fsp3) is 0.571. The van der Waals surface area contributed by atoms with Crippen molar-refractivity contribution < 1.29 is 9.53 Å². The van der Waals surface area contributed by atoms with Crippen LogP contribution in [-0.2, 0) is 4.74 Å². The summed E-state index contributed by atoms with van der Waals surface area (Å²) in [5.41, 5.74) is 2.64. The zero-order valence-corrected chi connectivity index (χ0v) is 11.1. The van der Waals surface area contributed by atoms with Crippen molar-refractivity contribution in [2.45, 2.75) is 33.1 Å². The number of esters is 1. The summed E-state index contributed by atoms with van der Waals surface area (Å²) in [5, 5.41) is 0. The normalized spacial score (nSPS) is 15.6. The van der Waals surface area contributed by atoms with Crippen molar-refractivity contribution in [3.8, 4) is 0 Å². The Morgan fingerprint density at radius 3 is 2.72 bits per heavy atom. The number of anilines is 1. The van der Waals surface area contributed by atoms with E-state index in [2.05, 4.69) is 9.88 Å². The Kier molecular flexibility index (Phi) is 4.18. The Hall–Kier alpha value is -1.58. The van der Waals surface area contributed by atoms with E-state index < -0.39 is 0 Å². The van der Waals surface area contributed by atoms with Crippen molar-refractivity contribution in [1.82, 2.24) is 4.98 Å². The van der Waals surface area contributed by atoms with E-state index in [1.807, 2.05) is 20.0 Å². The molecule has 0 bridgehead atoms. The molecule has 1 aliphatic heterocycles. The van der Waals surface area contributed by atoms with Gasteiger partial charge in [0.1, 0.15) is 5.56 Å². The molecule has 0 saturated carbocycles. The van der Waals surface area contributed by atoms with Crippen LogP contribution < -0.4 is 4.90 Å². The van der Waals surface area contributed by atoms with Crippen LogP contribution in [0.25, 0.3) is 0 Å². The monoisotopic (exact) mass is 248 g/mol. The molecule has 1 aromatic heterocycles. The molecule has 0 atom stereocenters. The van der Waals surface area contributed by atoms with Gasteiger partial charge in [0.25, 0.3) is 0 Å². The minimum atomic E-state index is -0.269. The van der Waals surface area contributed by atoms with Crippen molar-refractivity contribution in [3.63, 3.8) is 0 Å². The maximum Gasteiger partial charge on any atom is 0.341 e. The summed E-state index contributed by atoms with van der Waals surface area (Å²) in [6, 6.07) is 0. The number of ether oxygens (including phenoxy) is 1. The molecule has 0 radical (unpaired) electrons. The van der Waals surface area contributed by atoms with Crippen LogP contribution in [0.5, 0.6) is 0 Å². The molecule has 1 fully saturated rings. The zero-order chi connectivity index (χ0) is 13.0. The second-order valence-electron chi connectivity index (χ2n) is 4.62. The summed E-state index contributed by atoms with van der Waals surface area (Å²) in [7, 11) is 0. The predicted molar refractivity (Wildman–Crippen MR) is 71.0 cm³/mol. The number of carbonyl (C=O) groups is 1.